The predicted octanol–water partition coefficient (Wildman–Crippen LogP) is 1.75. The fraction of sp³-hybridized carbons (Fsp3) is 0.467. The average molecular weight is 337 g/mol. The van der Waals surface area contributed by atoms with Crippen molar-refractivity contribution in [2.75, 3.05) is 13.7 Å². The molecule has 2 N–H and O–H groups in total. The first kappa shape index (κ1) is 17.5. The number of carbonyl (C=O) groups is 2. The van der Waals surface area contributed by atoms with Crippen LogP contribution in [0.1, 0.15) is 25.7 Å². The molecular formula is C15H19N3O6. The third kappa shape index (κ3) is 4.83. The number of nitrogens with one attached hydrogen (secondary N) is 2. The van der Waals surface area contributed by atoms with Crippen LogP contribution in [-0.2, 0) is 4.79 Å². The van der Waals surface area contributed by atoms with Gasteiger partial charge in [0.1, 0.15) is 5.75 Å². The van der Waals surface area contributed by atoms with Crippen molar-refractivity contribution in [1.29, 1.82) is 0 Å². The van der Waals surface area contributed by atoms with Crippen LogP contribution in [0.2, 0.25) is 0 Å². The molecule has 9 nitrogen and oxygen atoms in total. The molecule has 0 unspecified atom stereocenters. The summed E-state index contributed by atoms with van der Waals surface area (Å²) in [5.41, 5.74) is -0.322. The number of nitrogens with zero attached hydrogens (tertiary/aromatic N) is 1. The summed E-state index contributed by atoms with van der Waals surface area (Å²) in [4.78, 5) is 33.7. The largest absolute Gasteiger partial charge is 0.496 e. The Morgan fingerprint density at radius 1 is 1.33 bits per heavy atom. The lowest BCUT2D eigenvalue weighted by molar-refractivity contribution is -0.385. The molecule has 1 aliphatic rings. The van der Waals surface area contributed by atoms with Gasteiger partial charge in [-0.05, 0) is 25.0 Å². The third-order valence-corrected chi connectivity index (χ3v) is 3.66. The van der Waals surface area contributed by atoms with Crippen LogP contribution in [0.25, 0.3) is 0 Å². The number of amides is 3. The van der Waals surface area contributed by atoms with Crippen molar-refractivity contribution < 1.29 is 24.0 Å². The maximum atomic E-state index is 11.7. The zero-order valence-electron chi connectivity index (χ0n) is 13.2. The molecule has 0 radical (unpaired) electrons. The molecule has 0 saturated heterocycles. The number of hydrogen-bond acceptors (Lipinski definition) is 6. The van der Waals surface area contributed by atoms with E-state index >= 15 is 0 Å². The fourth-order valence-electron chi connectivity index (χ4n) is 2.49. The first-order chi connectivity index (χ1) is 11.5. The second kappa shape index (κ2) is 8.14. The Kier molecular flexibility index (Phi) is 5.94. The van der Waals surface area contributed by atoms with Gasteiger partial charge in [0.05, 0.1) is 18.1 Å². The highest BCUT2D eigenvalue weighted by Crippen LogP contribution is 2.30. The first-order valence-electron chi connectivity index (χ1n) is 7.55. The molecule has 0 atom stereocenters. The van der Waals surface area contributed by atoms with Gasteiger partial charge in [-0.15, -0.1) is 0 Å². The molecule has 1 saturated carbocycles. The highest BCUT2D eigenvalue weighted by molar-refractivity contribution is 5.95. The van der Waals surface area contributed by atoms with Gasteiger partial charge in [-0.1, -0.05) is 12.8 Å². The number of methoxy groups -OCH3 is 1. The van der Waals surface area contributed by atoms with E-state index in [1.165, 1.54) is 25.3 Å². The average Bonchev–Trinajstić information content (AvgIpc) is 3.05. The standard InChI is InChI=1S/C15H19N3O6/c1-23-11-6-7-13(12(8-11)18(21)22)24-9-14(19)17-15(20)16-10-4-2-3-5-10/h6-8,10H,2-5,9H2,1H3,(H2,16,17,19,20). The number of benzene rings is 1. The van der Waals surface area contributed by atoms with Gasteiger partial charge < -0.3 is 14.8 Å². The van der Waals surface area contributed by atoms with E-state index in [2.05, 4.69) is 10.6 Å². The van der Waals surface area contributed by atoms with Crippen LogP contribution >= 0.6 is 0 Å². The number of rotatable bonds is 6. The molecule has 1 fully saturated rings. The van der Waals surface area contributed by atoms with Crippen LogP contribution in [0, 0.1) is 10.1 Å². The van der Waals surface area contributed by atoms with Gasteiger partial charge in [0, 0.05) is 6.04 Å². The topological polar surface area (TPSA) is 120 Å². The Balaban J connectivity index is 1.86. The van der Waals surface area contributed by atoms with E-state index in [0.717, 1.165) is 25.7 Å². The van der Waals surface area contributed by atoms with Crippen LogP contribution in [0.4, 0.5) is 10.5 Å². The summed E-state index contributed by atoms with van der Waals surface area (Å²) in [7, 11) is 1.38. The van der Waals surface area contributed by atoms with Crippen LogP contribution in [0.15, 0.2) is 18.2 Å². The quantitative estimate of drug-likeness (QED) is 0.603. The van der Waals surface area contributed by atoms with Gasteiger partial charge >= 0.3 is 11.7 Å². The highest BCUT2D eigenvalue weighted by atomic mass is 16.6. The summed E-state index contributed by atoms with van der Waals surface area (Å²) in [6, 6.07) is 3.51. The van der Waals surface area contributed by atoms with E-state index in [9.17, 15) is 19.7 Å². The van der Waals surface area contributed by atoms with Crippen molar-refractivity contribution >= 4 is 17.6 Å². The lowest BCUT2D eigenvalue weighted by Crippen LogP contribution is -2.45. The van der Waals surface area contributed by atoms with Crippen LogP contribution in [0.3, 0.4) is 0 Å². The molecule has 0 bridgehead atoms. The molecule has 0 aliphatic heterocycles. The van der Waals surface area contributed by atoms with E-state index in [1.807, 2.05) is 0 Å². The number of carbonyl (C=O) groups excluding carboxylic acids is 2. The number of urea groups is 1. The summed E-state index contributed by atoms with van der Waals surface area (Å²) < 4.78 is 10.1. The Morgan fingerprint density at radius 2 is 2.04 bits per heavy atom. The Morgan fingerprint density at radius 3 is 2.67 bits per heavy atom. The molecule has 24 heavy (non-hydrogen) atoms. The van der Waals surface area contributed by atoms with Crippen LogP contribution in [0.5, 0.6) is 11.5 Å². The maximum absolute atomic E-state index is 11.7. The first-order valence-corrected chi connectivity index (χ1v) is 7.55. The van der Waals surface area contributed by atoms with Crippen molar-refractivity contribution in [2.24, 2.45) is 0 Å². The lowest BCUT2D eigenvalue weighted by atomic mass is 10.2. The summed E-state index contributed by atoms with van der Waals surface area (Å²) in [5, 5.41) is 15.9. The number of ether oxygens (including phenoxy) is 2. The summed E-state index contributed by atoms with van der Waals surface area (Å²) in [6.07, 6.45) is 3.92. The van der Waals surface area contributed by atoms with E-state index in [1.54, 1.807) is 0 Å². The smallest absolute Gasteiger partial charge is 0.321 e. The predicted molar refractivity (Wildman–Crippen MR) is 84.1 cm³/mol. The number of imide groups is 1. The van der Waals surface area contributed by atoms with E-state index in [0.29, 0.717) is 5.75 Å². The number of nitro groups is 1. The molecular weight excluding hydrogens is 318 g/mol. The zero-order valence-corrected chi connectivity index (χ0v) is 13.2. The Hall–Kier alpha value is -2.84. The van der Waals surface area contributed by atoms with E-state index in [4.69, 9.17) is 9.47 Å². The second-order valence-electron chi connectivity index (χ2n) is 5.38. The van der Waals surface area contributed by atoms with Crippen LogP contribution < -0.4 is 20.1 Å². The molecule has 3 amide bonds. The van der Waals surface area contributed by atoms with Crippen molar-refractivity contribution in [2.45, 2.75) is 31.7 Å². The SMILES string of the molecule is COc1ccc(OCC(=O)NC(=O)NC2CCCC2)c([N+](=O)[O-])c1. The van der Waals surface area contributed by atoms with Gasteiger partial charge in [-0.2, -0.15) is 0 Å². The van der Waals surface area contributed by atoms with Crippen molar-refractivity contribution in [1.82, 2.24) is 10.6 Å². The van der Waals surface area contributed by atoms with E-state index in [-0.39, 0.29) is 17.5 Å². The summed E-state index contributed by atoms with van der Waals surface area (Å²) >= 11 is 0. The van der Waals surface area contributed by atoms with Crippen LogP contribution in [-0.4, -0.2) is 36.6 Å². The molecule has 0 aromatic heterocycles. The monoisotopic (exact) mass is 337 g/mol. The molecule has 0 spiro atoms. The molecule has 9 heteroatoms. The van der Waals surface area contributed by atoms with Gasteiger partial charge in [-0.3, -0.25) is 20.2 Å². The summed E-state index contributed by atoms with van der Waals surface area (Å²) in [5.74, 6) is -0.461. The normalized spacial score (nSPS) is 14.0. The van der Waals surface area contributed by atoms with E-state index < -0.39 is 23.5 Å². The van der Waals surface area contributed by atoms with Crippen molar-refractivity contribution in [3.05, 3.63) is 28.3 Å². The molecule has 130 valence electrons. The van der Waals surface area contributed by atoms with Gasteiger partial charge in [0.25, 0.3) is 5.91 Å². The number of hydrogen-bond donors (Lipinski definition) is 2. The minimum atomic E-state index is -0.685. The highest BCUT2D eigenvalue weighted by Gasteiger charge is 2.20. The number of nitro benzene ring substituents is 1. The lowest BCUT2D eigenvalue weighted by Gasteiger charge is -2.12. The maximum Gasteiger partial charge on any atom is 0.321 e. The molecule has 2 rings (SSSR count). The minimum Gasteiger partial charge on any atom is -0.496 e. The second-order valence-corrected chi connectivity index (χ2v) is 5.38. The molecule has 1 aliphatic carbocycles. The molecule has 0 heterocycles. The van der Waals surface area contributed by atoms with Gasteiger partial charge in [0.2, 0.25) is 0 Å². The summed E-state index contributed by atoms with van der Waals surface area (Å²) in [6.45, 7) is -0.509. The van der Waals surface area contributed by atoms with Crippen molar-refractivity contribution in [3.8, 4) is 11.5 Å². The zero-order chi connectivity index (χ0) is 17.5. The van der Waals surface area contributed by atoms with Gasteiger partial charge in [0.15, 0.2) is 12.4 Å². The third-order valence-electron chi connectivity index (χ3n) is 3.66. The molecule has 1 aromatic carbocycles. The molecule has 1 aromatic rings. The van der Waals surface area contributed by atoms with Gasteiger partial charge in [-0.25, -0.2) is 4.79 Å². The minimum absolute atomic E-state index is 0.0767. The van der Waals surface area contributed by atoms with Crippen molar-refractivity contribution in [3.63, 3.8) is 0 Å². The fourth-order valence-corrected chi connectivity index (χ4v) is 2.49. The Labute approximate surface area is 138 Å². The Bertz CT molecular complexity index is 628.